The van der Waals surface area contributed by atoms with E-state index in [1.807, 2.05) is 0 Å². The first kappa shape index (κ1) is 53.0. The Kier molecular flexibility index (Phi) is 22.5. The molecule has 0 aromatic carbocycles. The molecule has 3 saturated carbocycles. The Hall–Kier alpha value is -0.650. The van der Waals surface area contributed by atoms with Gasteiger partial charge in [-0.3, -0.25) is 9.36 Å². The molecule has 0 saturated heterocycles. The maximum Gasteiger partial charge on any atom is 0.306 e. The molecular weight excluding hydrogens is 818 g/mol. The van der Waals surface area contributed by atoms with Crippen LogP contribution in [-0.4, -0.2) is 77.2 Å². The molecule has 3 fully saturated rings. The molecule has 10 atom stereocenters. The minimum Gasteiger partial charge on any atom is -0.778 e. The number of hydrogen-bond donors (Lipinski definition) is 0. The molecule has 0 aromatic rings. The lowest BCUT2D eigenvalue weighted by atomic mass is 9.47. The van der Waals surface area contributed by atoms with Gasteiger partial charge in [0, 0.05) is 25.1 Å². The molecule has 14 heteroatoms. The summed E-state index contributed by atoms with van der Waals surface area (Å²) < 4.78 is 60.8. The molecule has 0 spiro atoms. The molecule has 0 N–H and O–H groups in total. The first-order chi connectivity index (χ1) is 29.0. The Morgan fingerprint density at radius 1 is 0.705 bits per heavy atom. The number of phosphoric acid groups is 1. The molecule has 4 rings (SSSR count). The molecule has 6 unspecified atom stereocenters. The van der Waals surface area contributed by atoms with Crippen LogP contribution in [0.1, 0.15) is 164 Å². The second-order valence-electron chi connectivity index (χ2n) is 19.9. The van der Waals surface area contributed by atoms with E-state index in [2.05, 4.69) is 40.7 Å². The van der Waals surface area contributed by atoms with Gasteiger partial charge in [-0.05, 0) is 117 Å². The summed E-state index contributed by atoms with van der Waals surface area (Å²) in [4.78, 5) is 36.4. The van der Waals surface area contributed by atoms with E-state index in [1.165, 1.54) is 51.4 Å². The van der Waals surface area contributed by atoms with Crippen LogP contribution in [0, 0.1) is 46.3 Å². The molecule has 0 radical (unpaired) electrons. The van der Waals surface area contributed by atoms with Gasteiger partial charge in [-0.2, -0.15) is 0 Å². The normalized spacial score (nSPS) is 30.0. The van der Waals surface area contributed by atoms with Crippen LogP contribution in [0.25, 0.3) is 0 Å². The summed E-state index contributed by atoms with van der Waals surface area (Å²) >= 11 is 0. The van der Waals surface area contributed by atoms with Crippen molar-refractivity contribution in [3.8, 4) is 0 Å². The number of allylic oxidation sites excluding steroid dienone is 1. The van der Waals surface area contributed by atoms with Gasteiger partial charge in [0.1, 0.15) is 13.7 Å². The molecule has 4 aliphatic carbocycles. The minimum absolute atomic E-state index is 0.00178. The molecule has 0 aliphatic heterocycles. The zero-order chi connectivity index (χ0) is 44.5. The van der Waals surface area contributed by atoms with Crippen LogP contribution in [0.3, 0.4) is 0 Å². The topological polar surface area (TPSA) is 162 Å². The summed E-state index contributed by atoms with van der Waals surface area (Å²) in [5.41, 5.74) is 1.77. The zero-order valence-corrected chi connectivity index (χ0v) is 40.9. The average molecular weight is 903 g/mol. The highest BCUT2D eigenvalue weighted by Crippen LogP contribution is 2.67. The third-order valence-electron chi connectivity index (χ3n) is 14.9. The summed E-state index contributed by atoms with van der Waals surface area (Å²) in [5.74, 6) is 4.86. The van der Waals surface area contributed by atoms with Crippen LogP contribution in [0.2, 0.25) is 0 Å². The molecule has 4 aliphatic rings. The molecule has 0 amide bonds. The maximum atomic E-state index is 12.8. The summed E-state index contributed by atoms with van der Waals surface area (Å²) in [7, 11) is -8.22. The van der Waals surface area contributed by atoms with E-state index in [9.17, 15) is 23.7 Å². The number of ether oxygens (including phenoxy) is 4. The molecular formula is C47H84O12P2-2. The van der Waals surface area contributed by atoms with Crippen molar-refractivity contribution in [2.75, 3.05) is 59.5 Å². The largest absolute Gasteiger partial charge is 0.778 e. The second kappa shape index (κ2) is 25.9. The quantitative estimate of drug-likeness (QED) is 0.0281. The van der Waals surface area contributed by atoms with Crippen molar-refractivity contribution in [1.29, 1.82) is 0 Å². The summed E-state index contributed by atoms with van der Waals surface area (Å²) in [6.07, 6.45) is 20.9. The average Bonchev–Trinajstić information content (AvgIpc) is 3.56. The van der Waals surface area contributed by atoms with Gasteiger partial charge in [-0.15, -0.1) is 0 Å². The van der Waals surface area contributed by atoms with E-state index in [4.69, 9.17) is 32.5 Å². The third kappa shape index (κ3) is 16.6. The highest BCUT2D eigenvalue weighted by atomic mass is 31.2. The van der Waals surface area contributed by atoms with Crippen molar-refractivity contribution in [2.24, 2.45) is 46.3 Å². The Balaban J connectivity index is 0.966. The van der Waals surface area contributed by atoms with Crippen LogP contribution in [-0.2, 0) is 46.4 Å². The van der Waals surface area contributed by atoms with Crippen molar-refractivity contribution < 1.29 is 56.2 Å². The Labute approximate surface area is 369 Å². The summed E-state index contributed by atoms with van der Waals surface area (Å²) in [6, 6.07) is 0. The molecule has 61 heavy (non-hydrogen) atoms. The standard InChI is InChI=1S/C47H86O12P2/c1-36(2)15-14-16-38(5)42-20-21-43-41-19-18-39-35-40(22-24-46(39,6)44(41)23-25-47(42,43)7)59-45(48)17-10-13-26-53-29-30-54-31-32-55-33-34-58-61(51,52)57-28-12-9-8-11-27-56-60(49,50)37(3)4/h18,36-38,40-44H,8-17,19-35H2,1-7H3,(H,49,50)(H,51,52)/p-2/t38-,40+,41?,42?,43?,44?,46+,47-/m1/s1. The number of phosphoric ester groups is 1. The predicted octanol–water partition coefficient (Wildman–Crippen LogP) is 10.2. The monoisotopic (exact) mass is 903 g/mol. The summed E-state index contributed by atoms with van der Waals surface area (Å²) in [5, 5.41) is 0. The van der Waals surface area contributed by atoms with Crippen molar-refractivity contribution in [2.45, 2.75) is 176 Å². The number of fused-ring (bicyclic) bond motifs is 5. The van der Waals surface area contributed by atoms with Crippen LogP contribution in [0.4, 0.5) is 0 Å². The predicted molar refractivity (Wildman–Crippen MR) is 236 cm³/mol. The number of rotatable bonds is 31. The van der Waals surface area contributed by atoms with Crippen LogP contribution >= 0.6 is 15.4 Å². The van der Waals surface area contributed by atoms with Crippen molar-refractivity contribution in [1.82, 2.24) is 0 Å². The number of carbonyl (C=O) groups is 1. The van der Waals surface area contributed by atoms with Crippen molar-refractivity contribution in [3.63, 3.8) is 0 Å². The van der Waals surface area contributed by atoms with Gasteiger partial charge < -0.3 is 46.9 Å². The third-order valence-corrected chi connectivity index (χ3v) is 17.7. The molecule has 356 valence electrons. The SMILES string of the molecule is CC(C)CCC[C@@H](C)C1CCC2C3CC=C4C[C@@H](OC(=O)CCCCOCCOCCOCCOP(=O)([O-])OCCCCCCOP(=O)([O-])C(C)C)CC[C@]4(C)C3CC[C@@]21C. The lowest BCUT2D eigenvalue weighted by Gasteiger charge is -2.58. The minimum atomic E-state index is -4.42. The zero-order valence-electron chi connectivity index (χ0n) is 39.1. The Morgan fingerprint density at radius 3 is 2.00 bits per heavy atom. The smallest absolute Gasteiger partial charge is 0.306 e. The summed E-state index contributed by atoms with van der Waals surface area (Å²) in [6.45, 7) is 17.7. The fraction of sp³-hybridized carbons (Fsp3) is 0.936. The van der Waals surface area contributed by atoms with E-state index in [1.54, 1.807) is 19.4 Å². The van der Waals surface area contributed by atoms with Gasteiger partial charge in [0.25, 0.3) is 7.82 Å². The molecule has 0 heterocycles. The fourth-order valence-electron chi connectivity index (χ4n) is 11.3. The highest BCUT2D eigenvalue weighted by Gasteiger charge is 2.59. The van der Waals surface area contributed by atoms with Gasteiger partial charge in [-0.25, -0.2) is 0 Å². The fourth-order valence-corrected chi connectivity index (χ4v) is 12.7. The molecule has 0 bridgehead atoms. The number of unbranched alkanes of at least 4 members (excludes halogenated alkanes) is 4. The van der Waals surface area contributed by atoms with Gasteiger partial charge in [0.05, 0.1) is 52.9 Å². The second-order valence-corrected chi connectivity index (χ2v) is 23.7. The van der Waals surface area contributed by atoms with E-state index in [0.29, 0.717) is 63.9 Å². The lowest BCUT2D eigenvalue weighted by molar-refractivity contribution is -0.226. The highest BCUT2D eigenvalue weighted by molar-refractivity contribution is 7.52. The van der Waals surface area contributed by atoms with Crippen molar-refractivity contribution >= 4 is 21.4 Å². The first-order valence-corrected chi connectivity index (χ1v) is 27.2. The van der Waals surface area contributed by atoms with E-state index >= 15 is 0 Å². The molecule has 0 aromatic heterocycles. The van der Waals surface area contributed by atoms with Crippen LogP contribution < -0.4 is 9.79 Å². The number of esters is 1. The Bertz CT molecular complexity index is 1420. The first-order valence-electron chi connectivity index (χ1n) is 24.2. The van der Waals surface area contributed by atoms with Crippen LogP contribution in [0.15, 0.2) is 11.6 Å². The van der Waals surface area contributed by atoms with Crippen molar-refractivity contribution in [3.05, 3.63) is 11.6 Å². The van der Waals surface area contributed by atoms with Crippen LogP contribution in [0.5, 0.6) is 0 Å². The Morgan fingerprint density at radius 2 is 1.33 bits per heavy atom. The van der Waals surface area contributed by atoms with Gasteiger partial charge in [0.2, 0.25) is 0 Å². The van der Waals surface area contributed by atoms with E-state index in [-0.39, 0.29) is 50.5 Å². The number of carbonyl (C=O) groups excluding carboxylic acids is 1. The van der Waals surface area contributed by atoms with Gasteiger partial charge >= 0.3 is 5.97 Å². The number of hydrogen-bond acceptors (Lipinski definition) is 12. The van der Waals surface area contributed by atoms with E-state index in [0.717, 1.165) is 67.6 Å². The maximum absolute atomic E-state index is 12.8. The van der Waals surface area contributed by atoms with Gasteiger partial charge in [0.15, 0.2) is 0 Å². The molecule has 12 nitrogen and oxygen atoms in total. The lowest BCUT2D eigenvalue weighted by Crippen LogP contribution is -2.51. The van der Waals surface area contributed by atoms with Gasteiger partial charge in [-0.1, -0.05) is 92.2 Å². The van der Waals surface area contributed by atoms with E-state index < -0.39 is 21.1 Å².